The highest BCUT2D eigenvalue weighted by atomic mass is 35.5. The van der Waals surface area contributed by atoms with E-state index in [2.05, 4.69) is 4.98 Å². The Labute approximate surface area is 169 Å². The molecule has 0 radical (unpaired) electrons. The third kappa shape index (κ3) is 3.72. The van der Waals surface area contributed by atoms with Crippen LogP contribution in [0.4, 0.5) is 4.79 Å². The molecule has 1 fully saturated rings. The second-order valence-electron chi connectivity index (χ2n) is 8.06. The van der Waals surface area contributed by atoms with E-state index in [-0.39, 0.29) is 12.1 Å². The lowest BCUT2D eigenvalue weighted by Gasteiger charge is -2.27. The SMILES string of the molecule is CC(C)(C)OC(=O)N1CCC[C@@H]1c1cc2nc(Cl)c(-c3ccccc3)cc2o1. The first-order chi connectivity index (χ1) is 13.3. The van der Waals surface area contributed by atoms with E-state index >= 15 is 0 Å². The number of carbonyl (C=O) groups excluding carboxylic acids is 1. The maximum absolute atomic E-state index is 12.6. The van der Waals surface area contributed by atoms with Crippen LogP contribution < -0.4 is 0 Å². The summed E-state index contributed by atoms with van der Waals surface area (Å²) < 4.78 is 11.7. The average Bonchev–Trinajstić information content (AvgIpc) is 3.26. The number of nitrogens with zero attached hydrogens (tertiary/aromatic N) is 2. The van der Waals surface area contributed by atoms with Gasteiger partial charge in [-0.25, -0.2) is 9.78 Å². The van der Waals surface area contributed by atoms with Crippen LogP contribution >= 0.6 is 11.6 Å². The van der Waals surface area contributed by atoms with Crippen molar-refractivity contribution in [1.29, 1.82) is 0 Å². The number of carbonyl (C=O) groups is 1. The lowest BCUT2D eigenvalue weighted by Crippen LogP contribution is -2.36. The zero-order valence-corrected chi connectivity index (χ0v) is 17.0. The number of hydrogen-bond donors (Lipinski definition) is 0. The molecule has 1 atom stereocenters. The summed E-state index contributed by atoms with van der Waals surface area (Å²) in [7, 11) is 0. The van der Waals surface area contributed by atoms with Crippen molar-refractivity contribution in [2.45, 2.75) is 45.3 Å². The van der Waals surface area contributed by atoms with Gasteiger partial charge in [-0.3, -0.25) is 4.90 Å². The van der Waals surface area contributed by atoms with Crippen molar-refractivity contribution < 1.29 is 13.9 Å². The van der Waals surface area contributed by atoms with Crippen LogP contribution in [0.15, 0.2) is 46.9 Å². The molecule has 1 saturated heterocycles. The van der Waals surface area contributed by atoms with Gasteiger partial charge in [0.25, 0.3) is 0 Å². The number of pyridine rings is 1. The number of fused-ring (bicyclic) bond motifs is 1. The van der Waals surface area contributed by atoms with Crippen LogP contribution in [-0.4, -0.2) is 28.1 Å². The molecule has 1 aromatic carbocycles. The summed E-state index contributed by atoms with van der Waals surface area (Å²) in [5, 5.41) is 0.432. The zero-order chi connectivity index (χ0) is 19.9. The zero-order valence-electron chi connectivity index (χ0n) is 16.2. The molecule has 2 aromatic heterocycles. The fourth-order valence-electron chi connectivity index (χ4n) is 3.55. The van der Waals surface area contributed by atoms with Crippen molar-refractivity contribution in [2.24, 2.45) is 0 Å². The molecule has 1 aliphatic heterocycles. The Morgan fingerprint density at radius 2 is 2.00 bits per heavy atom. The van der Waals surface area contributed by atoms with E-state index in [1.165, 1.54) is 0 Å². The molecule has 146 valence electrons. The van der Waals surface area contributed by atoms with Crippen LogP contribution in [0.1, 0.15) is 45.4 Å². The summed E-state index contributed by atoms with van der Waals surface area (Å²) in [5.74, 6) is 0.715. The first-order valence-electron chi connectivity index (χ1n) is 9.47. The van der Waals surface area contributed by atoms with Crippen LogP contribution in [0.5, 0.6) is 0 Å². The molecular formula is C22H23ClN2O3. The number of aromatic nitrogens is 1. The predicted molar refractivity (Wildman–Crippen MR) is 109 cm³/mol. The van der Waals surface area contributed by atoms with Gasteiger partial charge in [0.05, 0.1) is 6.04 Å². The van der Waals surface area contributed by atoms with E-state index in [9.17, 15) is 4.79 Å². The van der Waals surface area contributed by atoms with Crippen molar-refractivity contribution >= 4 is 28.8 Å². The molecule has 1 amide bonds. The van der Waals surface area contributed by atoms with Gasteiger partial charge in [0.1, 0.15) is 22.0 Å². The van der Waals surface area contributed by atoms with E-state index in [4.69, 9.17) is 20.8 Å². The van der Waals surface area contributed by atoms with Crippen LogP contribution in [0.2, 0.25) is 5.15 Å². The third-order valence-electron chi connectivity index (χ3n) is 4.77. The molecule has 3 heterocycles. The van der Waals surface area contributed by atoms with Crippen LogP contribution in [-0.2, 0) is 4.74 Å². The molecular weight excluding hydrogens is 376 g/mol. The van der Waals surface area contributed by atoms with Crippen molar-refractivity contribution in [3.8, 4) is 11.1 Å². The summed E-state index contributed by atoms with van der Waals surface area (Å²) in [6.45, 7) is 6.26. The molecule has 3 aromatic rings. The van der Waals surface area contributed by atoms with Crippen LogP contribution in [0.3, 0.4) is 0 Å². The van der Waals surface area contributed by atoms with Gasteiger partial charge >= 0.3 is 6.09 Å². The summed E-state index contributed by atoms with van der Waals surface area (Å²) >= 11 is 6.42. The molecule has 0 aliphatic carbocycles. The molecule has 0 spiro atoms. The highest BCUT2D eigenvalue weighted by Crippen LogP contribution is 2.37. The molecule has 28 heavy (non-hydrogen) atoms. The second-order valence-corrected chi connectivity index (χ2v) is 8.41. The molecule has 5 nitrogen and oxygen atoms in total. The smallest absolute Gasteiger partial charge is 0.410 e. The van der Waals surface area contributed by atoms with E-state index in [1.54, 1.807) is 4.90 Å². The number of halogens is 1. The van der Waals surface area contributed by atoms with Gasteiger partial charge in [0, 0.05) is 18.2 Å². The molecule has 1 aliphatic rings. The molecule has 0 N–H and O–H groups in total. The third-order valence-corrected chi connectivity index (χ3v) is 5.06. The Morgan fingerprint density at radius 3 is 2.71 bits per heavy atom. The van der Waals surface area contributed by atoms with Gasteiger partial charge in [-0.2, -0.15) is 0 Å². The van der Waals surface area contributed by atoms with Gasteiger partial charge in [-0.05, 0) is 45.2 Å². The Hall–Kier alpha value is -2.53. The highest BCUT2D eigenvalue weighted by Gasteiger charge is 2.35. The molecule has 6 heteroatoms. The van der Waals surface area contributed by atoms with Crippen molar-refractivity contribution in [2.75, 3.05) is 6.54 Å². The van der Waals surface area contributed by atoms with Crippen LogP contribution in [0.25, 0.3) is 22.2 Å². The number of ether oxygens (including phenoxy) is 1. The van der Waals surface area contributed by atoms with Crippen LogP contribution in [0, 0.1) is 0 Å². The second kappa shape index (κ2) is 7.13. The number of hydrogen-bond acceptors (Lipinski definition) is 4. The number of furan rings is 1. The average molecular weight is 399 g/mol. The molecule has 0 unspecified atom stereocenters. The van der Waals surface area contributed by atoms with E-state index in [0.717, 1.165) is 24.0 Å². The first-order valence-corrected chi connectivity index (χ1v) is 9.85. The molecule has 4 rings (SSSR count). The van der Waals surface area contributed by atoms with Gasteiger partial charge in [-0.15, -0.1) is 0 Å². The number of benzene rings is 1. The predicted octanol–water partition coefficient (Wildman–Crippen LogP) is 6.22. The Morgan fingerprint density at radius 1 is 1.25 bits per heavy atom. The summed E-state index contributed by atoms with van der Waals surface area (Å²) in [6, 6.07) is 13.5. The Balaban J connectivity index is 1.67. The van der Waals surface area contributed by atoms with Gasteiger partial charge < -0.3 is 9.15 Å². The van der Waals surface area contributed by atoms with Crippen molar-refractivity contribution in [1.82, 2.24) is 9.88 Å². The fraction of sp³-hybridized carbons (Fsp3) is 0.364. The van der Waals surface area contributed by atoms with Gasteiger partial charge in [0.2, 0.25) is 0 Å². The van der Waals surface area contributed by atoms with E-state index in [1.807, 2.05) is 63.2 Å². The lowest BCUT2D eigenvalue weighted by molar-refractivity contribution is 0.0209. The van der Waals surface area contributed by atoms with Gasteiger partial charge in [-0.1, -0.05) is 41.9 Å². The summed E-state index contributed by atoms with van der Waals surface area (Å²) in [5.41, 5.74) is 2.63. The minimum Gasteiger partial charge on any atom is -0.457 e. The quantitative estimate of drug-likeness (QED) is 0.481. The lowest BCUT2D eigenvalue weighted by atomic mass is 10.1. The maximum atomic E-state index is 12.6. The first kappa shape index (κ1) is 18.8. The number of rotatable bonds is 2. The number of amides is 1. The normalized spacial score (nSPS) is 17.3. The van der Waals surface area contributed by atoms with Gasteiger partial charge in [0.15, 0.2) is 5.58 Å². The minimum absolute atomic E-state index is 0.150. The van der Waals surface area contributed by atoms with Crippen molar-refractivity contribution in [3.05, 3.63) is 53.4 Å². The molecule has 0 saturated carbocycles. The summed E-state index contributed by atoms with van der Waals surface area (Å²) in [4.78, 5) is 18.8. The van der Waals surface area contributed by atoms with E-state index in [0.29, 0.717) is 28.6 Å². The Kier molecular flexibility index (Phi) is 4.79. The maximum Gasteiger partial charge on any atom is 0.410 e. The topological polar surface area (TPSA) is 55.6 Å². The van der Waals surface area contributed by atoms with Crippen molar-refractivity contribution in [3.63, 3.8) is 0 Å². The highest BCUT2D eigenvalue weighted by molar-refractivity contribution is 6.32. The minimum atomic E-state index is -0.530. The largest absolute Gasteiger partial charge is 0.457 e. The summed E-state index contributed by atoms with van der Waals surface area (Å²) in [6.07, 6.45) is 1.43. The molecule has 0 bridgehead atoms. The van der Waals surface area contributed by atoms with E-state index < -0.39 is 5.60 Å². The standard InChI is InChI=1S/C22H23ClN2O3/c1-22(2,3)28-21(26)25-11-7-10-17(25)19-13-16-18(27-19)12-15(20(23)24-16)14-8-5-4-6-9-14/h4-6,8-9,12-13,17H,7,10-11H2,1-3H3/t17-/m1/s1. The number of likely N-dealkylation sites (tertiary alicyclic amines) is 1. The Bertz CT molecular complexity index is 1010. The fourth-order valence-corrected chi connectivity index (χ4v) is 3.80. The monoisotopic (exact) mass is 398 g/mol.